The minimum Gasteiger partial charge on any atom is -0.312 e. The molecule has 0 atom stereocenters. The van der Waals surface area contributed by atoms with E-state index in [0.29, 0.717) is 0 Å². The predicted molar refractivity (Wildman–Crippen MR) is 84.9 cm³/mol. The van der Waals surface area contributed by atoms with Crippen LogP contribution in [0.25, 0.3) is 11.1 Å². The zero-order valence-electron chi connectivity index (χ0n) is 12.4. The topological polar surface area (TPSA) is 60.8 Å². The highest BCUT2D eigenvalue weighted by atomic mass is 31.2. The van der Waals surface area contributed by atoms with Crippen LogP contribution in [-0.2, 0) is 11.1 Å². The molecule has 2 rings (SSSR count). The Morgan fingerprint density at radius 3 is 2.33 bits per heavy atom. The van der Waals surface area contributed by atoms with Crippen LogP contribution in [0.3, 0.4) is 0 Å². The number of benzene rings is 2. The lowest BCUT2D eigenvalue weighted by Gasteiger charge is -2.20. The second kappa shape index (κ2) is 6.12. The van der Waals surface area contributed by atoms with Gasteiger partial charge in [0.2, 0.25) is 0 Å². The smallest absolute Gasteiger partial charge is 0.312 e. The second-order valence-electron chi connectivity index (χ2n) is 5.36. The van der Waals surface area contributed by atoms with Crippen molar-refractivity contribution >= 4 is 7.75 Å². The zero-order chi connectivity index (χ0) is 15.6. The maximum atomic E-state index is 11.3. The van der Waals surface area contributed by atoms with E-state index in [9.17, 15) is 14.4 Å². The molecule has 0 bridgehead atoms. The molecule has 0 aliphatic rings. The van der Waals surface area contributed by atoms with Crippen molar-refractivity contribution < 1.29 is 14.4 Å². The fraction of sp³-hybridized carbons (Fsp3) is 0.250. The van der Waals surface area contributed by atoms with Crippen LogP contribution in [0.4, 0.5) is 0 Å². The summed E-state index contributed by atoms with van der Waals surface area (Å²) in [6, 6.07) is 14.1. The van der Waals surface area contributed by atoms with Gasteiger partial charge in [0.1, 0.15) is 0 Å². The Bertz CT molecular complexity index is 694. The van der Waals surface area contributed by atoms with E-state index < -0.39 is 7.75 Å². The molecule has 0 radical (unpaired) electrons. The third-order valence-corrected chi connectivity index (χ3v) is 4.47. The number of rotatable bonds is 4. The molecule has 0 unspecified atom stereocenters. The normalized spacial score (nSPS) is 11.9. The SMILES string of the molecule is Cc1cccc(-c2cc(C)ccc2CN(C)P(=O)(O)O)c1. The van der Waals surface area contributed by atoms with Gasteiger partial charge in [0, 0.05) is 6.54 Å². The maximum absolute atomic E-state index is 11.3. The van der Waals surface area contributed by atoms with Crippen LogP contribution in [0.5, 0.6) is 0 Å². The van der Waals surface area contributed by atoms with Gasteiger partial charge in [-0.25, -0.2) is 9.24 Å². The number of nitrogens with zero attached hydrogens (tertiary/aromatic N) is 1. The first kappa shape index (κ1) is 15.9. The summed E-state index contributed by atoms with van der Waals surface area (Å²) in [6.07, 6.45) is 0. The number of hydrogen-bond acceptors (Lipinski definition) is 1. The van der Waals surface area contributed by atoms with Gasteiger partial charge in [-0.05, 0) is 37.6 Å². The third kappa shape index (κ3) is 4.02. The summed E-state index contributed by atoms with van der Waals surface area (Å²) in [6.45, 7) is 4.24. The summed E-state index contributed by atoms with van der Waals surface area (Å²) in [7, 11) is -2.79. The van der Waals surface area contributed by atoms with E-state index in [-0.39, 0.29) is 6.54 Å². The summed E-state index contributed by atoms with van der Waals surface area (Å²) >= 11 is 0. The first-order valence-electron chi connectivity index (χ1n) is 6.71. The van der Waals surface area contributed by atoms with Crippen LogP contribution < -0.4 is 0 Å². The Morgan fingerprint density at radius 2 is 1.71 bits per heavy atom. The monoisotopic (exact) mass is 305 g/mol. The first-order chi connectivity index (χ1) is 9.77. The summed E-state index contributed by atoms with van der Waals surface area (Å²) in [5.41, 5.74) is 5.25. The highest BCUT2D eigenvalue weighted by Gasteiger charge is 2.22. The highest BCUT2D eigenvalue weighted by Crippen LogP contribution is 2.40. The van der Waals surface area contributed by atoms with Gasteiger partial charge in [-0.1, -0.05) is 53.6 Å². The van der Waals surface area contributed by atoms with Gasteiger partial charge in [0.25, 0.3) is 0 Å². The number of aryl methyl sites for hydroxylation is 2. The largest absolute Gasteiger partial charge is 0.403 e. The highest BCUT2D eigenvalue weighted by molar-refractivity contribution is 7.49. The molecule has 112 valence electrons. The standard InChI is InChI=1S/C16H20NO3P/c1-12-5-4-6-14(9-12)16-10-13(2)7-8-15(16)11-17(3)21(18,19)20/h4-10H,11H2,1-3H3,(H2,18,19,20). The molecule has 0 heterocycles. The lowest BCUT2D eigenvalue weighted by Crippen LogP contribution is -2.14. The van der Waals surface area contributed by atoms with Gasteiger partial charge in [-0.15, -0.1) is 0 Å². The van der Waals surface area contributed by atoms with Gasteiger partial charge in [-0.3, -0.25) is 0 Å². The van der Waals surface area contributed by atoms with Crippen LogP contribution in [0, 0.1) is 13.8 Å². The third-order valence-electron chi connectivity index (χ3n) is 3.44. The van der Waals surface area contributed by atoms with E-state index in [1.807, 2.05) is 44.2 Å². The lowest BCUT2D eigenvalue weighted by molar-refractivity contribution is 0.289. The zero-order valence-corrected chi connectivity index (χ0v) is 13.3. The molecule has 2 aromatic carbocycles. The molecule has 2 aromatic rings. The van der Waals surface area contributed by atoms with Crippen LogP contribution in [0.2, 0.25) is 0 Å². The second-order valence-corrected chi connectivity index (χ2v) is 7.07. The Morgan fingerprint density at radius 1 is 1.05 bits per heavy atom. The van der Waals surface area contributed by atoms with Crippen molar-refractivity contribution in [2.75, 3.05) is 7.05 Å². The molecule has 0 aromatic heterocycles. The average Bonchev–Trinajstić information content (AvgIpc) is 2.39. The van der Waals surface area contributed by atoms with Crippen LogP contribution in [0.1, 0.15) is 16.7 Å². The Hall–Kier alpha value is -1.45. The summed E-state index contributed by atoms with van der Waals surface area (Å²) in [4.78, 5) is 18.5. The first-order valence-corrected chi connectivity index (χ1v) is 8.27. The van der Waals surface area contributed by atoms with Crippen molar-refractivity contribution in [1.29, 1.82) is 0 Å². The molecule has 2 N–H and O–H groups in total. The van der Waals surface area contributed by atoms with Crippen molar-refractivity contribution in [2.24, 2.45) is 0 Å². The lowest BCUT2D eigenvalue weighted by atomic mass is 9.96. The van der Waals surface area contributed by atoms with Crippen molar-refractivity contribution in [1.82, 2.24) is 4.67 Å². The van der Waals surface area contributed by atoms with E-state index >= 15 is 0 Å². The van der Waals surface area contributed by atoms with E-state index in [0.717, 1.165) is 32.5 Å². The molecular formula is C16H20NO3P. The fourth-order valence-electron chi connectivity index (χ4n) is 2.25. The molecule has 0 saturated carbocycles. The van der Waals surface area contributed by atoms with Crippen LogP contribution in [0.15, 0.2) is 42.5 Å². The molecule has 0 saturated heterocycles. The Labute approximate surface area is 125 Å². The van der Waals surface area contributed by atoms with Crippen molar-refractivity contribution in [3.63, 3.8) is 0 Å². The van der Waals surface area contributed by atoms with Gasteiger partial charge in [0.15, 0.2) is 0 Å². The average molecular weight is 305 g/mol. The Balaban J connectivity index is 2.46. The summed E-state index contributed by atoms with van der Waals surface area (Å²) < 4.78 is 12.4. The van der Waals surface area contributed by atoms with Crippen molar-refractivity contribution in [2.45, 2.75) is 20.4 Å². The van der Waals surface area contributed by atoms with Gasteiger partial charge >= 0.3 is 7.75 Å². The fourth-order valence-corrected chi connectivity index (χ4v) is 2.58. The van der Waals surface area contributed by atoms with Crippen molar-refractivity contribution in [3.8, 4) is 11.1 Å². The van der Waals surface area contributed by atoms with Crippen LogP contribution >= 0.6 is 7.75 Å². The summed E-state index contributed by atoms with van der Waals surface area (Å²) in [5, 5.41) is 0. The van der Waals surface area contributed by atoms with E-state index in [1.165, 1.54) is 7.05 Å². The van der Waals surface area contributed by atoms with E-state index in [1.54, 1.807) is 0 Å². The molecular weight excluding hydrogens is 285 g/mol. The molecule has 0 amide bonds. The molecule has 5 heteroatoms. The van der Waals surface area contributed by atoms with Crippen molar-refractivity contribution in [3.05, 3.63) is 59.2 Å². The quantitative estimate of drug-likeness (QED) is 0.849. The minimum absolute atomic E-state index is 0.202. The van der Waals surface area contributed by atoms with Gasteiger partial charge in [-0.2, -0.15) is 0 Å². The van der Waals surface area contributed by atoms with E-state index in [2.05, 4.69) is 12.1 Å². The summed E-state index contributed by atoms with van der Waals surface area (Å²) in [5.74, 6) is 0. The molecule has 4 nitrogen and oxygen atoms in total. The number of hydrogen-bond donors (Lipinski definition) is 2. The molecule has 0 fully saturated rings. The molecule has 0 spiro atoms. The van der Waals surface area contributed by atoms with E-state index in [4.69, 9.17) is 0 Å². The van der Waals surface area contributed by atoms with Crippen LogP contribution in [-0.4, -0.2) is 21.5 Å². The minimum atomic E-state index is -4.22. The van der Waals surface area contributed by atoms with Gasteiger partial charge in [0.05, 0.1) is 0 Å². The Kier molecular flexibility index (Phi) is 4.64. The molecule has 21 heavy (non-hydrogen) atoms. The maximum Gasteiger partial charge on any atom is 0.403 e. The predicted octanol–water partition coefficient (Wildman–Crippen LogP) is 3.49. The molecule has 0 aliphatic carbocycles. The molecule has 0 aliphatic heterocycles. The van der Waals surface area contributed by atoms with Gasteiger partial charge < -0.3 is 9.79 Å².